The molecule has 0 saturated carbocycles. The molecule has 1 amide bonds. The summed E-state index contributed by atoms with van der Waals surface area (Å²) in [5.41, 5.74) is 4.31. The zero-order valence-electron chi connectivity index (χ0n) is 11.1. The highest BCUT2D eigenvalue weighted by Gasteiger charge is 2.13. The first-order valence-corrected chi connectivity index (χ1v) is 5.87. The highest BCUT2D eigenvalue weighted by molar-refractivity contribution is 6.04. The number of rotatable bonds is 2. The standard InChI is InChI=1S/C14H17N3O/c1-9-6-5-7-12(8-9)14(18)15-13-10(2)16-17(4)11(13)3/h5-8H,1-4H3,(H,15,18). The Morgan fingerprint density at radius 3 is 2.56 bits per heavy atom. The Morgan fingerprint density at radius 1 is 1.28 bits per heavy atom. The highest BCUT2D eigenvalue weighted by Crippen LogP contribution is 2.19. The predicted octanol–water partition coefficient (Wildman–Crippen LogP) is 2.60. The van der Waals surface area contributed by atoms with Crippen molar-refractivity contribution in [3.8, 4) is 0 Å². The van der Waals surface area contributed by atoms with Crippen LogP contribution in [0.2, 0.25) is 0 Å². The molecule has 0 spiro atoms. The Morgan fingerprint density at radius 2 is 2.00 bits per heavy atom. The minimum absolute atomic E-state index is 0.0992. The summed E-state index contributed by atoms with van der Waals surface area (Å²) in [6, 6.07) is 7.53. The Labute approximate surface area is 107 Å². The van der Waals surface area contributed by atoms with Crippen molar-refractivity contribution < 1.29 is 4.79 Å². The van der Waals surface area contributed by atoms with Gasteiger partial charge in [0.05, 0.1) is 17.1 Å². The molecule has 0 aliphatic carbocycles. The fourth-order valence-corrected chi connectivity index (χ4v) is 1.93. The average molecular weight is 243 g/mol. The topological polar surface area (TPSA) is 46.9 Å². The van der Waals surface area contributed by atoms with E-state index in [1.165, 1.54) is 0 Å². The number of amides is 1. The zero-order chi connectivity index (χ0) is 13.3. The molecule has 0 fully saturated rings. The van der Waals surface area contributed by atoms with E-state index in [1.54, 1.807) is 4.68 Å². The highest BCUT2D eigenvalue weighted by atomic mass is 16.1. The normalized spacial score (nSPS) is 10.4. The van der Waals surface area contributed by atoms with E-state index in [1.807, 2.05) is 52.1 Å². The molecule has 1 aromatic heterocycles. The summed E-state index contributed by atoms with van der Waals surface area (Å²) >= 11 is 0. The van der Waals surface area contributed by atoms with E-state index in [0.29, 0.717) is 5.56 Å². The molecule has 1 heterocycles. The minimum Gasteiger partial charge on any atom is -0.319 e. The summed E-state index contributed by atoms with van der Waals surface area (Å²) < 4.78 is 1.77. The molecule has 4 heteroatoms. The van der Waals surface area contributed by atoms with Gasteiger partial charge in [-0.25, -0.2) is 0 Å². The first kappa shape index (κ1) is 12.4. The van der Waals surface area contributed by atoms with E-state index in [0.717, 1.165) is 22.6 Å². The molecule has 0 saturated heterocycles. The maximum Gasteiger partial charge on any atom is 0.255 e. The number of benzene rings is 1. The Hall–Kier alpha value is -2.10. The number of hydrogen-bond acceptors (Lipinski definition) is 2. The fourth-order valence-electron chi connectivity index (χ4n) is 1.93. The third-order valence-corrected chi connectivity index (χ3v) is 3.03. The van der Waals surface area contributed by atoms with Gasteiger partial charge in [0.1, 0.15) is 0 Å². The van der Waals surface area contributed by atoms with Gasteiger partial charge in [0.25, 0.3) is 5.91 Å². The molecule has 2 rings (SSSR count). The maximum atomic E-state index is 12.1. The molecule has 1 N–H and O–H groups in total. The summed E-state index contributed by atoms with van der Waals surface area (Å²) in [5, 5.41) is 7.20. The van der Waals surface area contributed by atoms with Crippen molar-refractivity contribution in [3.63, 3.8) is 0 Å². The molecule has 0 bridgehead atoms. The molecule has 0 aliphatic rings. The second-order valence-electron chi connectivity index (χ2n) is 4.49. The van der Waals surface area contributed by atoms with Crippen LogP contribution in [0, 0.1) is 20.8 Å². The van der Waals surface area contributed by atoms with Crippen LogP contribution in [-0.4, -0.2) is 15.7 Å². The van der Waals surface area contributed by atoms with Crippen molar-refractivity contribution in [2.24, 2.45) is 7.05 Å². The summed E-state index contributed by atoms with van der Waals surface area (Å²) in [6.07, 6.45) is 0. The summed E-state index contributed by atoms with van der Waals surface area (Å²) in [6.45, 7) is 5.79. The minimum atomic E-state index is -0.0992. The lowest BCUT2D eigenvalue weighted by Gasteiger charge is -2.06. The average Bonchev–Trinajstić information content (AvgIpc) is 2.56. The number of carbonyl (C=O) groups is 1. The Kier molecular flexibility index (Phi) is 3.19. The molecule has 0 aliphatic heterocycles. The van der Waals surface area contributed by atoms with Crippen LogP contribution in [0.4, 0.5) is 5.69 Å². The van der Waals surface area contributed by atoms with Crippen LogP contribution in [0.25, 0.3) is 0 Å². The molecule has 4 nitrogen and oxygen atoms in total. The van der Waals surface area contributed by atoms with Crippen molar-refractivity contribution in [1.82, 2.24) is 9.78 Å². The van der Waals surface area contributed by atoms with E-state index in [2.05, 4.69) is 10.4 Å². The van der Waals surface area contributed by atoms with Gasteiger partial charge in [-0.1, -0.05) is 17.7 Å². The predicted molar refractivity (Wildman–Crippen MR) is 71.8 cm³/mol. The molecular formula is C14H17N3O. The molecular weight excluding hydrogens is 226 g/mol. The largest absolute Gasteiger partial charge is 0.319 e. The molecule has 1 aromatic carbocycles. The van der Waals surface area contributed by atoms with Crippen LogP contribution < -0.4 is 5.32 Å². The van der Waals surface area contributed by atoms with E-state index in [9.17, 15) is 4.79 Å². The Bertz CT molecular complexity index is 599. The Balaban J connectivity index is 2.27. The number of nitrogens with one attached hydrogen (secondary N) is 1. The lowest BCUT2D eigenvalue weighted by atomic mass is 10.1. The number of aryl methyl sites for hydroxylation is 3. The first-order chi connectivity index (χ1) is 8.49. The second-order valence-corrected chi connectivity index (χ2v) is 4.49. The SMILES string of the molecule is Cc1cccc(C(=O)Nc2c(C)nn(C)c2C)c1. The second kappa shape index (κ2) is 4.64. The number of aromatic nitrogens is 2. The molecule has 94 valence electrons. The molecule has 0 unspecified atom stereocenters. The zero-order valence-corrected chi connectivity index (χ0v) is 11.1. The van der Waals surface area contributed by atoms with Crippen molar-refractivity contribution in [2.75, 3.05) is 5.32 Å². The van der Waals surface area contributed by atoms with Crippen molar-refractivity contribution in [3.05, 3.63) is 46.8 Å². The third-order valence-electron chi connectivity index (χ3n) is 3.03. The van der Waals surface area contributed by atoms with Gasteiger partial charge < -0.3 is 5.32 Å². The third kappa shape index (κ3) is 2.27. The van der Waals surface area contributed by atoms with Gasteiger partial charge in [-0.3, -0.25) is 9.48 Å². The van der Waals surface area contributed by atoms with Crippen LogP contribution in [0.3, 0.4) is 0 Å². The van der Waals surface area contributed by atoms with Gasteiger partial charge in [0.15, 0.2) is 0 Å². The molecule has 0 atom stereocenters. The van der Waals surface area contributed by atoms with Gasteiger partial charge in [0, 0.05) is 12.6 Å². The van der Waals surface area contributed by atoms with E-state index in [4.69, 9.17) is 0 Å². The quantitative estimate of drug-likeness (QED) is 0.881. The van der Waals surface area contributed by atoms with Gasteiger partial charge >= 0.3 is 0 Å². The summed E-state index contributed by atoms with van der Waals surface area (Å²) in [7, 11) is 1.87. The number of hydrogen-bond donors (Lipinski definition) is 1. The van der Waals surface area contributed by atoms with Crippen LogP contribution >= 0.6 is 0 Å². The summed E-state index contributed by atoms with van der Waals surface area (Å²) in [5.74, 6) is -0.0992. The molecule has 0 radical (unpaired) electrons. The van der Waals surface area contributed by atoms with E-state index >= 15 is 0 Å². The van der Waals surface area contributed by atoms with Gasteiger partial charge in [-0.05, 0) is 32.9 Å². The number of carbonyl (C=O) groups excluding carboxylic acids is 1. The summed E-state index contributed by atoms with van der Waals surface area (Å²) in [4.78, 5) is 12.1. The van der Waals surface area contributed by atoms with Gasteiger partial charge in [-0.15, -0.1) is 0 Å². The molecule has 18 heavy (non-hydrogen) atoms. The molecule has 2 aromatic rings. The van der Waals surface area contributed by atoms with Crippen LogP contribution in [0.5, 0.6) is 0 Å². The van der Waals surface area contributed by atoms with Crippen LogP contribution in [0.15, 0.2) is 24.3 Å². The lowest BCUT2D eigenvalue weighted by molar-refractivity contribution is 0.102. The van der Waals surface area contributed by atoms with Crippen LogP contribution in [-0.2, 0) is 7.05 Å². The van der Waals surface area contributed by atoms with E-state index < -0.39 is 0 Å². The lowest BCUT2D eigenvalue weighted by Crippen LogP contribution is -2.13. The van der Waals surface area contributed by atoms with Gasteiger partial charge in [0.2, 0.25) is 0 Å². The van der Waals surface area contributed by atoms with E-state index in [-0.39, 0.29) is 5.91 Å². The fraction of sp³-hybridized carbons (Fsp3) is 0.286. The van der Waals surface area contributed by atoms with Crippen molar-refractivity contribution in [2.45, 2.75) is 20.8 Å². The van der Waals surface area contributed by atoms with Crippen molar-refractivity contribution in [1.29, 1.82) is 0 Å². The smallest absolute Gasteiger partial charge is 0.255 e. The first-order valence-electron chi connectivity index (χ1n) is 5.87. The number of nitrogens with zero attached hydrogens (tertiary/aromatic N) is 2. The van der Waals surface area contributed by atoms with Crippen LogP contribution in [0.1, 0.15) is 27.3 Å². The van der Waals surface area contributed by atoms with Gasteiger partial charge in [-0.2, -0.15) is 5.10 Å². The van der Waals surface area contributed by atoms with Crippen molar-refractivity contribution >= 4 is 11.6 Å². The maximum absolute atomic E-state index is 12.1. The monoisotopic (exact) mass is 243 g/mol. The number of anilines is 1.